The zero-order valence-electron chi connectivity index (χ0n) is 9.13. The second-order valence-electron chi connectivity index (χ2n) is 3.96. The zero-order valence-corrected chi connectivity index (χ0v) is 10.7. The Morgan fingerprint density at radius 3 is 2.93 bits per heavy atom. The van der Waals surface area contributed by atoms with Gasteiger partial charge in [-0.2, -0.15) is 0 Å². The molecule has 2 rings (SSSR count). The molecule has 0 radical (unpaired) electrons. The Balaban J connectivity index is 2.13. The molecule has 1 aromatic rings. The lowest BCUT2D eigenvalue weighted by molar-refractivity contribution is 0.616. The van der Waals surface area contributed by atoms with Crippen LogP contribution in [-0.2, 0) is 0 Å². The maximum Gasteiger partial charge on any atom is 0.128 e. The monoisotopic (exact) mass is 269 g/mol. The maximum atomic E-state index is 4.57. The first-order valence-corrected chi connectivity index (χ1v) is 6.05. The standard InChI is InChI=1S/C11H16BrN3/c1-8-10(12)3-4-11(14-8)15-6-5-9(7-15)13-2/h3-4,9,13H,5-7H2,1-2H3. The highest BCUT2D eigenvalue weighted by atomic mass is 79.9. The Morgan fingerprint density at radius 1 is 1.53 bits per heavy atom. The molecule has 1 atom stereocenters. The quantitative estimate of drug-likeness (QED) is 0.890. The third kappa shape index (κ3) is 2.32. The van der Waals surface area contributed by atoms with Crippen molar-refractivity contribution in [1.29, 1.82) is 0 Å². The molecule has 0 amide bonds. The van der Waals surface area contributed by atoms with Gasteiger partial charge in [0.1, 0.15) is 5.82 Å². The fraction of sp³-hybridized carbons (Fsp3) is 0.545. The van der Waals surface area contributed by atoms with E-state index in [1.165, 1.54) is 6.42 Å². The fourth-order valence-electron chi connectivity index (χ4n) is 1.91. The molecule has 0 aliphatic carbocycles. The van der Waals surface area contributed by atoms with Crippen LogP contribution in [0.25, 0.3) is 0 Å². The number of halogens is 1. The van der Waals surface area contributed by atoms with Crippen LogP contribution >= 0.6 is 15.9 Å². The molecule has 1 N–H and O–H groups in total. The van der Waals surface area contributed by atoms with Crippen LogP contribution in [-0.4, -0.2) is 31.2 Å². The largest absolute Gasteiger partial charge is 0.355 e. The third-order valence-corrected chi connectivity index (χ3v) is 3.77. The summed E-state index contributed by atoms with van der Waals surface area (Å²) in [5, 5.41) is 3.31. The van der Waals surface area contributed by atoms with E-state index in [4.69, 9.17) is 0 Å². The van der Waals surface area contributed by atoms with Crippen LogP contribution in [0.2, 0.25) is 0 Å². The van der Waals surface area contributed by atoms with Gasteiger partial charge in [0.15, 0.2) is 0 Å². The van der Waals surface area contributed by atoms with Crippen LogP contribution in [0.5, 0.6) is 0 Å². The van der Waals surface area contributed by atoms with Crippen molar-refractivity contribution in [2.75, 3.05) is 25.0 Å². The van der Waals surface area contributed by atoms with Gasteiger partial charge in [-0.25, -0.2) is 4.98 Å². The fourth-order valence-corrected chi connectivity index (χ4v) is 2.13. The highest BCUT2D eigenvalue weighted by Gasteiger charge is 2.21. The van der Waals surface area contributed by atoms with Gasteiger partial charge in [0.25, 0.3) is 0 Å². The Bertz CT molecular complexity index is 354. The predicted molar refractivity (Wildman–Crippen MR) is 66.4 cm³/mol. The molecule has 1 fully saturated rings. The number of aryl methyl sites for hydroxylation is 1. The number of nitrogens with zero attached hydrogens (tertiary/aromatic N) is 2. The van der Waals surface area contributed by atoms with Crippen molar-refractivity contribution in [3.63, 3.8) is 0 Å². The Hall–Kier alpha value is -0.610. The maximum absolute atomic E-state index is 4.57. The van der Waals surface area contributed by atoms with E-state index in [9.17, 15) is 0 Å². The van der Waals surface area contributed by atoms with Crippen molar-refractivity contribution >= 4 is 21.7 Å². The second-order valence-corrected chi connectivity index (χ2v) is 4.81. The Labute approximate surface area is 99.0 Å². The predicted octanol–water partition coefficient (Wildman–Crippen LogP) is 1.95. The van der Waals surface area contributed by atoms with Gasteiger partial charge in [0.2, 0.25) is 0 Å². The average molecular weight is 270 g/mol. The van der Waals surface area contributed by atoms with Gasteiger partial charge in [-0.05, 0) is 48.5 Å². The molecule has 1 unspecified atom stereocenters. The van der Waals surface area contributed by atoms with E-state index in [2.05, 4.69) is 43.3 Å². The van der Waals surface area contributed by atoms with Gasteiger partial charge in [-0.3, -0.25) is 0 Å². The summed E-state index contributed by atoms with van der Waals surface area (Å²) in [6.07, 6.45) is 1.20. The zero-order chi connectivity index (χ0) is 10.8. The van der Waals surface area contributed by atoms with Crippen molar-refractivity contribution in [2.45, 2.75) is 19.4 Å². The van der Waals surface area contributed by atoms with Crippen LogP contribution in [0.1, 0.15) is 12.1 Å². The van der Waals surface area contributed by atoms with E-state index < -0.39 is 0 Å². The van der Waals surface area contributed by atoms with Gasteiger partial charge in [0, 0.05) is 23.6 Å². The molecular weight excluding hydrogens is 254 g/mol. The number of likely N-dealkylation sites (N-methyl/N-ethyl adjacent to an activating group) is 1. The first kappa shape index (κ1) is 10.9. The molecule has 0 saturated carbocycles. The number of pyridine rings is 1. The summed E-state index contributed by atoms with van der Waals surface area (Å²) in [7, 11) is 2.02. The summed E-state index contributed by atoms with van der Waals surface area (Å²) in [6, 6.07) is 4.76. The van der Waals surface area contributed by atoms with Crippen molar-refractivity contribution in [3.05, 3.63) is 22.3 Å². The lowest BCUT2D eigenvalue weighted by Crippen LogP contribution is -2.29. The number of aromatic nitrogens is 1. The number of hydrogen-bond acceptors (Lipinski definition) is 3. The summed E-state index contributed by atoms with van der Waals surface area (Å²) < 4.78 is 1.08. The van der Waals surface area contributed by atoms with Crippen LogP contribution in [0.15, 0.2) is 16.6 Å². The molecule has 1 aliphatic heterocycles. The lowest BCUT2D eigenvalue weighted by Gasteiger charge is -2.18. The minimum atomic E-state index is 0.607. The van der Waals surface area contributed by atoms with E-state index in [0.29, 0.717) is 6.04 Å². The van der Waals surface area contributed by atoms with E-state index in [0.717, 1.165) is 29.1 Å². The second kappa shape index (κ2) is 4.49. The van der Waals surface area contributed by atoms with E-state index in [1.54, 1.807) is 0 Å². The summed E-state index contributed by atoms with van der Waals surface area (Å²) in [5.74, 6) is 1.09. The minimum absolute atomic E-state index is 0.607. The first-order chi connectivity index (χ1) is 7.20. The highest BCUT2D eigenvalue weighted by molar-refractivity contribution is 9.10. The lowest BCUT2D eigenvalue weighted by atomic mass is 10.3. The third-order valence-electron chi connectivity index (χ3n) is 2.93. The number of rotatable bonds is 2. The summed E-state index contributed by atoms with van der Waals surface area (Å²) in [5.41, 5.74) is 1.06. The molecular formula is C11H16BrN3. The SMILES string of the molecule is CNC1CCN(c2ccc(Br)c(C)n2)C1. The average Bonchev–Trinajstić information content (AvgIpc) is 2.70. The molecule has 15 heavy (non-hydrogen) atoms. The minimum Gasteiger partial charge on any atom is -0.355 e. The molecule has 0 aromatic carbocycles. The van der Waals surface area contributed by atoms with E-state index >= 15 is 0 Å². The molecule has 82 valence electrons. The number of hydrogen-bond donors (Lipinski definition) is 1. The molecule has 2 heterocycles. The molecule has 1 aliphatic rings. The summed E-state index contributed by atoms with van der Waals surface area (Å²) in [6.45, 7) is 4.18. The van der Waals surface area contributed by atoms with Crippen LogP contribution in [0.4, 0.5) is 5.82 Å². The van der Waals surface area contributed by atoms with Crippen LogP contribution < -0.4 is 10.2 Å². The number of nitrogens with one attached hydrogen (secondary N) is 1. The summed E-state index contributed by atoms with van der Waals surface area (Å²) in [4.78, 5) is 6.91. The Morgan fingerprint density at radius 2 is 2.33 bits per heavy atom. The van der Waals surface area contributed by atoms with Gasteiger partial charge < -0.3 is 10.2 Å². The topological polar surface area (TPSA) is 28.2 Å². The van der Waals surface area contributed by atoms with E-state index in [-0.39, 0.29) is 0 Å². The molecule has 3 nitrogen and oxygen atoms in total. The normalized spacial score (nSPS) is 21.0. The van der Waals surface area contributed by atoms with Gasteiger partial charge in [-0.1, -0.05) is 0 Å². The molecule has 1 aromatic heterocycles. The summed E-state index contributed by atoms with van der Waals surface area (Å²) >= 11 is 3.47. The van der Waals surface area contributed by atoms with Crippen LogP contribution in [0.3, 0.4) is 0 Å². The van der Waals surface area contributed by atoms with Gasteiger partial charge >= 0.3 is 0 Å². The molecule has 4 heteroatoms. The van der Waals surface area contributed by atoms with Crippen molar-refractivity contribution in [2.24, 2.45) is 0 Å². The molecule has 0 bridgehead atoms. The van der Waals surface area contributed by atoms with Gasteiger partial charge in [-0.15, -0.1) is 0 Å². The Kier molecular flexibility index (Phi) is 3.26. The van der Waals surface area contributed by atoms with Crippen molar-refractivity contribution < 1.29 is 0 Å². The van der Waals surface area contributed by atoms with Crippen molar-refractivity contribution in [3.8, 4) is 0 Å². The van der Waals surface area contributed by atoms with E-state index in [1.807, 2.05) is 14.0 Å². The molecule has 1 saturated heterocycles. The van der Waals surface area contributed by atoms with Crippen LogP contribution in [0, 0.1) is 6.92 Å². The smallest absolute Gasteiger partial charge is 0.128 e. The molecule has 0 spiro atoms. The highest BCUT2D eigenvalue weighted by Crippen LogP contribution is 2.22. The number of anilines is 1. The van der Waals surface area contributed by atoms with Crippen molar-refractivity contribution in [1.82, 2.24) is 10.3 Å². The first-order valence-electron chi connectivity index (χ1n) is 5.26. The van der Waals surface area contributed by atoms with Gasteiger partial charge in [0.05, 0.1) is 5.69 Å².